The van der Waals surface area contributed by atoms with Crippen LogP contribution in [0.5, 0.6) is 0 Å². The Morgan fingerprint density at radius 1 is 1.75 bits per heavy atom. The lowest BCUT2D eigenvalue weighted by molar-refractivity contribution is 0.489. The van der Waals surface area contributed by atoms with E-state index in [0.29, 0.717) is 0 Å². The van der Waals surface area contributed by atoms with Crippen molar-refractivity contribution in [3.63, 3.8) is 0 Å². The van der Waals surface area contributed by atoms with Crippen molar-refractivity contribution in [2.75, 3.05) is 0 Å². The van der Waals surface area contributed by atoms with Gasteiger partial charge in [0.15, 0.2) is 0 Å². The summed E-state index contributed by atoms with van der Waals surface area (Å²) in [6.07, 6.45) is -0.171. The molecule has 3 nitrogen and oxygen atoms in total. The molecule has 0 aliphatic heterocycles. The second-order valence-electron chi connectivity index (χ2n) is 1.19. The van der Waals surface area contributed by atoms with Gasteiger partial charge in [-0.25, -0.2) is 4.39 Å². The molecule has 48 valence electrons. The smallest absolute Gasteiger partial charge is 0.282 e. The Morgan fingerprint density at radius 3 is 2.12 bits per heavy atom. The lowest BCUT2D eigenvalue weighted by Gasteiger charge is -1.87. The van der Waals surface area contributed by atoms with E-state index >= 15 is 0 Å². The van der Waals surface area contributed by atoms with Crippen molar-refractivity contribution in [1.29, 1.82) is 0 Å². The van der Waals surface area contributed by atoms with Crippen molar-refractivity contribution in [1.82, 2.24) is 0 Å². The Hall–Kier alpha value is -0.420. The summed E-state index contributed by atoms with van der Waals surface area (Å²) in [5.41, 5.74) is 0. The number of halogens is 1. The quantitative estimate of drug-likeness (QED) is 0.545. The topological polar surface area (TPSA) is 54.4 Å². The molecule has 0 spiro atoms. The molecule has 0 amide bonds. The molecule has 0 unspecified atom stereocenters. The molecule has 0 aliphatic rings. The fourth-order valence-corrected chi connectivity index (χ4v) is 0.169. The standard InChI is InChI=1S/C3H5FO3S/c1-3(2-4)8(5,6)7/h2H,1H3,(H,5,6,7). The van der Waals surface area contributed by atoms with E-state index in [1.165, 1.54) is 0 Å². The van der Waals surface area contributed by atoms with Crippen LogP contribution in [-0.4, -0.2) is 13.0 Å². The summed E-state index contributed by atoms with van der Waals surface area (Å²) in [6, 6.07) is 0. The number of hydrogen-bond donors (Lipinski definition) is 1. The average Bonchev–Trinajstić information content (AvgIpc) is 1.62. The highest BCUT2D eigenvalue weighted by Crippen LogP contribution is 2.00. The van der Waals surface area contributed by atoms with Crippen LogP contribution < -0.4 is 0 Å². The molecule has 0 aromatic heterocycles. The highest BCUT2D eigenvalue weighted by molar-refractivity contribution is 7.89. The fraction of sp³-hybridized carbons (Fsp3) is 0.333. The van der Waals surface area contributed by atoms with Gasteiger partial charge in [0.2, 0.25) is 0 Å². The van der Waals surface area contributed by atoms with Crippen LogP contribution in [0, 0.1) is 0 Å². The van der Waals surface area contributed by atoms with Crippen LogP contribution in [0.3, 0.4) is 0 Å². The summed E-state index contributed by atoms with van der Waals surface area (Å²) >= 11 is 0. The third-order valence-corrected chi connectivity index (χ3v) is 1.46. The van der Waals surface area contributed by atoms with Crippen molar-refractivity contribution < 1.29 is 17.4 Å². The molecule has 0 fully saturated rings. The maximum Gasteiger partial charge on any atom is 0.292 e. The van der Waals surface area contributed by atoms with Crippen LogP contribution in [0.1, 0.15) is 6.92 Å². The molecule has 5 heteroatoms. The Balaban J connectivity index is 4.55. The number of allylic oxidation sites excluding steroid dienone is 1. The maximum absolute atomic E-state index is 11.2. The average molecular weight is 140 g/mol. The highest BCUT2D eigenvalue weighted by atomic mass is 32.2. The van der Waals surface area contributed by atoms with E-state index in [1.54, 1.807) is 0 Å². The van der Waals surface area contributed by atoms with Crippen LogP contribution in [0.4, 0.5) is 4.39 Å². The van der Waals surface area contributed by atoms with Gasteiger partial charge in [-0.05, 0) is 6.92 Å². The fourth-order valence-electron chi connectivity index (χ4n) is 0.0563. The van der Waals surface area contributed by atoms with Gasteiger partial charge in [-0.2, -0.15) is 8.42 Å². The predicted octanol–water partition coefficient (Wildman–Crippen LogP) is 0.705. The van der Waals surface area contributed by atoms with Gasteiger partial charge in [0.1, 0.15) is 6.33 Å². The zero-order valence-electron chi connectivity index (χ0n) is 4.13. The minimum atomic E-state index is -4.27. The van der Waals surface area contributed by atoms with Crippen LogP contribution in [0.25, 0.3) is 0 Å². The minimum absolute atomic E-state index is 0.171. The summed E-state index contributed by atoms with van der Waals surface area (Å²) in [4.78, 5) is -0.683. The van der Waals surface area contributed by atoms with E-state index < -0.39 is 15.0 Å². The summed E-state index contributed by atoms with van der Waals surface area (Å²) in [5.74, 6) is 0. The van der Waals surface area contributed by atoms with Crippen molar-refractivity contribution in [3.8, 4) is 0 Å². The zero-order valence-corrected chi connectivity index (χ0v) is 4.94. The van der Waals surface area contributed by atoms with Crippen molar-refractivity contribution in [2.24, 2.45) is 0 Å². The third-order valence-electron chi connectivity index (χ3n) is 0.561. The Labute approximate surface area is 46.6 Å². The van der Waals surface area contributed by atoms with E-state index in [0.717, 1.165) is 6.92 Å². The lowest BCUT2D eigenvalue weighted by atomic mass is 10.7. The largest absolute Gasteiger partial charge is 0.292 e. The summed E-state index contributed by atoms with van der Waals surface area (Å²) < 4.78 is 38.8. The van der Waals surface area contributed by atoms with Crippen LogP contribution in [0.15, 0.2) is 11.2 Å². The maximum atomic E-state index is 11.2. The summed E-state index contributed by atoms with van der Waals surface area (Å²) in [5, 5.41) is 0. The molecule has 1 N–H and O–H groups in total. The van der Waals surface area contributed by atoms with Gasteiger partial charge >= 0.3 is 0 Å². The number of rotatable bonds is 1. The van der Waals surface area contributed by atoms with Gasteiger partial charge in [-0.1, -0.05) is 0 Å². The van der Waals surface area contributed by atoms with E-state index in [4.69, 9.17) is 4.55 Å². The predicted molar refractivity (Wildman–Crippen MR) is 26.4 cm³/mol. The van der Waals surface area contributed by atoms with Gasteiger partial charge in [-0.3, -0.25) is 4.55 Å². The Morgan fingerprint density at radius 2 is 2.12 bits per heavy atom. The van der Waals surface area contributed by atoms with Crippen molar-refractivity contribution in [2.45, 2.75) is 6.92 Å². The van der Waals surface area contributed by atoms with Crippen molar-refractivity contribution >= 4 is 10.1 Å². The highest BCUT2D eigenvalue weighted by Gasteiger charge is 2.05. The third kappa shape index (κ3) is 2.04. The first-order valence-corrected chi connectivity index (χ1v) is 3.17. The lowest BCUT2D eigenvalue weighted by Crippen LogP contribution is -1.96. The van der Waals surface area contributed by atoms with Crippen molar-refractivity contribution in [3.05, 3.63) is 11.2 Å². The first kappa shape index (κ1) is 7.58. The number of hydrogen-bond acceptors (Lipinski definition) is 2. The van der Waals surface area contributed by atoms with Gasteiger partial charge in [0.25, 0.3) is 10.1 Å². The molecule has 0 aliphatic carbocycles. The molecular weight excluding hydrogens is 135 g/mol. The first-order valence-electron chi connectivity index (χ1n) is 1.73. The summed E-state index contributed by atoms with van der Waals surface area (Å²) in [7, 11) is -4.27. The SMILES string of the molecule is CC(=CF)S(=O)(=O)O. The van der Waals surface area contributed by atoms with Crippen LogP contribution in [0.2, 0.25) is 0 Å². The van der Waals surface area contributed by atoms with Gasteiger partial charge in [0, 0.05) is 0 Å². The molecule has 0 aromatic rings. The van der Waals surface area contributed by atoms with E-state index in [2.05, 4.69) is 0 Å². The molecule has 0 heterocycles. The second-order valence-corrected chi connectivity index (χ2v) is 2.79. The first-order chi connectivity index (χ1) is 3.48. The molecule has 0 aromatic carbocycles. The van der Waals surface area contributed by atoms with E-state index in [-0.39, 0.29) is 6.33 Å². The van der Waals surface area contributed by atoms with E-state index in [9.17, 15) is 12.8 Å². The molecule has 0 saturated heterocycles. The van der Waals surface area contributed by atoms with Gasteiger partial charge in [-0.15, -0.1) is 0 Å². The van der Waals surface area contributed by atoms with Gasteiger partial charge < -0.3 is 0 Å². The zero-order chi connectivity index (χ0) is 6.78. The molecule has 0 radical (unpaired) electrons. The van der Waals surface area contributed by atoms with Crippen LogP contribution >= 0.6 is 0 Å². The molecule has 0 bridgehead atoms. The summed E-state index contributed by atoms with van der Waals surface area (Å²) in [6.45, 7) is 0.954. The van der Waals surface area contributed by atoms with Gasteiger partial charge in [0.05, 0.1) is 4.91 Å². The molecule has 0 saturated carbocycles. The molecule has 0 rings (SSSR count). The second kappa shape index (κ2) is 2.23. The van der Waals surface area contributed by atoms with Crippen LogP contribution in [-0.2, 0) is 10.1 Å². The molecule has 8 heavy (non-hydrogen) atoms. The molecular formula is C3H5FO3S. The monoisotopic (exact) mass is 140 g/mol. The van der Waals surface area contributed by atoms with E-state index in [1.807, 2.05) is 0 Å². The Bertz CT molecular complexity index is 191. The Kier molecular flexibility index (Phi) is 2.12. The normalized spacial score (nSPS) is 14.1. The minimum Gasteiger partial charge on any atom is -0.282 e. The molecule has 0 atom stereocenters.